The van der Waals surface area contributed by atoms with Crippen LogP contribution in [0.3, 0.4) is 0 Å². The SMILES string of the molecule is CCOc1ccc(OCC)c(C(=O)c2ccccc2OCC)c1. The first-order chi connectivity index (χ1) is 11.2. The maximum atomic E-state index is 13.0. The van der Waals surface area contributed by atoms with E-state index in [-0.39, 0.29) is 5.78 Å². The highest BCUT2D eigenvalue weighted by atomic mass is 16.5. The van der Waals surface area contributed by atoms with Gasteiger partial charge in [-0.3, -0.25) is 4.79 Å². The molecule has 0 aliphatic carbocycles. The van der Waals surface area contributed by atoms with Gasteiger partial charge in [-0.05, 0) is 51.1 Å². The minimum absolute atomic E-state index is 0.140. The van der Waals surface area contributed by atoms with Crippen LogP contribution in [0.15, 0.2) is 42.5 Å². The maximum Gasteiger partial charge on any atom is 0.200 e. The molecule has 4 heteroatoms. The Labute approximate surface area is 137 Å². The summed E-state index contributed by atoms with van der Waals surface area (Å²) in [4.78, 5) is 13.0. The van der Waals surface area contributed by atoms with Crippen molar-refractivity contribution in [3.63, 3.8) is 0 Å². The number of hydrogen-bond donors (Lipinski definition) is 0. The molecule has 0 aliphatic rings. The van der Waals surface area contributed by atoms with Crippen molar-refractivity contribution in [2.24, 2.45) is 0 Å². The molecule has 4 nitrogen and oxygen atoms in total. The van der Waals surface area contributed by atoms with E-state index in [1.165, 1.54) is 0 Å². The molecule has 23 heavy (non-hydrogen) atoms. The monoisotopic (exact) mass is 314 g/mol. The summed E-state index contributed by atoms with van der Waals surface area (Å²) in [6.07, 6.45) is 0. The first-order valence-corrected chi connectivity index (χ1v) is 7.87. The Morgan fingerprint density at radius 2 is 1.39 bits per heavy atom. The minimum Gasteiger partial charge on any atom is -0.494 e. The van der Waals surface area contributed by atoms with Gasteiger partial charge in [-0.25, -0.2) is 0 Å². The van der Waals surface area contributed by atoms with E-state index in [9.17, 15) is 4.79 Å². The second kappa shape index (κ2) is 8.22. The van der Waals surface area contributed by atoms with Crippen LogP contribution >= 0.6 is 0 Å². The molecule has 0 radical (unpaired) electrons. The fraction of sp³-hybridized carbons (Fsp3) is 0.316. The molecule has 0 atom stereocenters. The van der Waals surface area contributed by atoms with E-state index < -0.39 is 0 Å². The van der Waals surface area contributed by atoms with Crippen LogP contribution in [0.1, 0.15) is 36.7 Å². The van der Waals surface area contributed by atoms with E-state index in [2.05, 4.69) is 0 Å². The van der Waals surface area contributed by atoms with Crippen molar-refractivity contribution in [1.82, 2.24) is 0 Å². The zero-order chi connectivity index (χ0) is 16.7. The molecular formula is C19H22O4. The predicted molar refractivity (Wildman–Crippen MR) is 89.8 cm³/mol. The van der Waals surface area contributed by atoms with Crippen LogP contribution in [-0.4, -0.2) is 25.6 Å². The van der Waals surface area contributed by atoms with E-state index in [4.69, 9.17) is 14.2 Å². The number of ketones is 1. The smallest absolute Gasteiger partial charge is 0.200 e. The van der Waals surface area contributed by atoms with E-state index >= 15 is 0 Å². The van der Waals surface area contributed by atoms with Gasteiger partial charge in [-0.2, -0.15) is 0 Å². The number of benzene rings is 2. The number of rotatable bonds is 8. The second-order valence-electron chi connectivity index (χ2n) is 4.78. The summed E-state index contributed by atoms with van der Waals surface area (Å²) in [6.45, 7) is 7.21. The third kappa shape index (κ3) is 4.03. The molecule has 0 saturated heterocycles. The molecule has 2 aromatic rings. The van der Waals surface area contributed by atoms with Crippen molar-refractivity contribution in [2.45, 2.75) is 20.8 Å². The molecule has 0 heterocycles. The molecule has 0 saturated carbocycles. The Balaban J connectivity index is 2.46. The van der Waals surface area contributed by atoms with Crippen LogP contribution in [0.4, 0.5) is 0 Å². The van der Waals surface area contributed by atoms with Gasteiger partial charge < -0.3 is 14.2 Å². The van der Waals surface area contributed by atoms with Gasteiger partial charge in [-0.1, -0.05) is 12.1 Å². The zero-order valence-electron chi connectivity index (χ0n) is 13.8. The Morgan fingerprint density at radius 1 is 0.783 bits per heavy atom. The van der Waals surface area contributed by atoms with Crippen LogP contribution in [0, 0.1) is 0 Å². The summed E-state index contributed by atoms with van der Waals surface area (Å²) in [6, 6.07) is 12.5. The van der Waals surface area contributed by atoms with Crippen molar-refractivity contribution in [2.75, 3.05) is 19.8 Å². The molecule has 0 spiro atoms. The average Bonchev–Trinajstić information content (AvgIpc) is 2.57. The van der Waals surface area contributed by atoms with Gasteiger partial charge in [-0.15, -0.1) is 0 Å². The standard InChI is InChI=1S/C19H22O4/c1-4-21-14-11-12-18(23-6-3)16(13-14)19(20)15-9-7-8-10-17(15)22-5-2/h7-13H,4-6H2,1-3H3. The summed E-state index contributed by atoms with van der Waals surface area (Å²) < 4.78 is 16.7. The molecule has 0 aromatic heterocycles. The molecule has 0 fully saturated rings. The Hall–Kier alpha value is -2.49. The lowest BCUT2D eigenvalue weighted by atomic mass is 10.0. The van der Waals surface area contributed by atoms with Crippen molar-refractivity contribution in [3.8, 4) is 17.2 Å². The summed E-state index contributed by atoms with van der Waals surface area (Å²) >= 11 is 0. The van der Waals surface area contributed by atoms with Gasteiger partial charge >= 0.3 is 0 Å². The average molecular weight is 314 g/mol. The van der Waals surface area contributed by atoms with Crippen LogP contribution in [0.25, 0.3) is 0 Å². The lowest BCUT2D eigenvalue weighted by molar-refractivity contribution is 0.103. The fourth-order valence-electron chi connectivity index (χ4n) is 2.31. The number of hydrogen-bond acceptors (Lipinski definition) is 4. The molecule has 122 valence electrons. The first-order valence-electron chi connectivity index (χ1n) is 7.87. The highest BCUT2D eigenvalue weighted by Crippen LogP contribution is 2.30. The lowest BCUT2D eigenvalue weighted by Gasteiger charge is -2.14. The van der Waals surface area contributed by atoms with E-state index in [0.29, 0.717) is 48.2 Å². The van der Waals surface area contributed by atoms with Crippen molar-refractivity contribution < 1.29 is 19.0 Å². The zero-order valence-corrected chi connectivity index (χ0v) is 13.8. The lowest BCUT2D eigenvalue weighted by Crippen LogP contribution is -2.08. The van der Waals surface area contributed by atoms with Gasteiger partial charge in [0.1, 0.15) is 17.2 Å². The van der Waals surface area contributed by atoms with Gasteiger partial charge in [0.15, 0.2) is 0 Å². The molecule has 2 rings (SSSR count). The normalized spacial score (nSPS) is 10.2. The van der Waals surface area contributed by atoms with Gasteiger partial charge in [0.05, 0.1) is 30.9 Å². The molecule has 0 amide bonds. The second-order valence-corrected chi connectivity index (χ2v) is 4.78. The molecule has 0 aliphatic heterocycles. The van der Waals surface area contributed by atoms with Crippen LogP contribution in [0.2, 0.25) is 0 Å². The topological polar surface area (TPSA) is 44.8 Å². The molecule has 0 bridgehead atoms. The van der Waals surface area contributed by atoms with E-state index in [1.807, 2.05) is 32.9 Å². The highest BCUT2D eigenvalue weighted by molar-refractivity contribution is 6.12. The fourth-order valence-corrected chi connectivity index (χ4v) is 2.31. The van der Waals surface area contributed by atoms with Crippen LogP contribution < -0.4 is 14.2 Å². The van der Waals surface area contributed by atoms with Gasteiger partial charge in [0.2, 0.25) is 5.78 Å². The predicted octanol–water partition coefficient (Wildman–Crippen LogP) is 4.11. The third-order valence-corrected chi connectivity index (χ3v) is 3.24. The van der Waals surface area contributed by atoms with Crippen molar-refractivity contribution in [3.05, 3.63) is 53.6 Å². The number of carbonyl (C=O) groups excluding carboxylic acids is 1. The number of para-hydroxylation sites is 1. The van der Waals surface area contributed by atoms with E-state index in [0.717, 1.165) is 0 Å². The van der Waals surface area contributed by atoms with Crippen molar-refractivity contribution in [1.29, 1.82) is 0 Å². The van der Waals surface area contributed by atoms with Gasteiger partial charge in [0.25, 0.3) is 0 Å². The summed E-state index contributed by atoms with van der Waals surface area (Å²) in [5, 5.41) is 0. The van der Waals surface area contributed by atoms with E-state index in [1.54, 1.807) is 30.3 Å². The summed E-state index contributed by atoms with van der Waals surface area (Å²) in [5.41, 5.74) is 0.994. The molecular weight excluding hydrogens is 292 g/mol. The molecule has 2 aromatic carbocycles. The Bertz CT molecular complexity index is 664. The summed E-state index contributed by atoms with van der Waals surface area (Å²) in [7, 11) is 0. The Morgan fingerprint density at radius 3 is 2.04 bits per heavy atom. The largest absolute Gasteiger partial charge is 0.494 e. The first kappa shape index (κ1) is 16.9. The highest BCUT2D eigenvalue weighted by Gasteiger charge is 2.19. The quantitative estimate of drug-likeness (QED) is 0.688. The number of ether oxygens (including phenoxy) is 3. The third-order valence-electron chi connectivity index (χ3n) is 3.24. The van der Waals surface area contributed by atoms with Crippen LogP contribution in [0.5, 0.6) is 17.2 Å². The molecule has 0 N–H and O–H groups in total. The summed E-state index contributed by atoms with van der Waals surface area (Å²) in [5.74, 6) is 1.63. The maximum absolute atomic E-state index is 13.0. The minimum atomic E-state index is -0.140. The Kier molecular flexibility index (Phi) is 6.03. The number of carbonyl (C=O) groups is 1. The van der Waals surface area contributed by atoms with Crippen LogP contribution in [-0.2, 0) is 0 Å². The van der Waals surface area contributed by atoms with Crippen molar-refractivity contribution >= 4 is 5.78 Å². The molecule has 0 unspecified atom stereocenters. The van der Waals surface area contributed by atoms with Gasteiger partial charge in [0, 0.05) is 0 Å².